The molecule has 74 valence electrons. The molecule has 13 heavy (non-hydrogen) atoms. The maximum absolute atomic E-state index is 11.1. The number of alkyl halides is 1. The zero-order valence-electron chi connectivity index (χ0n) is 7.55. The highest BCUT2D eigenvalue weighted by Gasteiger charge is 2.22. The van der Waals surface area contributed by atoms with Crippen molar-refractivity contribution in [1.29, 1.82) is 0 Å². The fourth-order valence-corrected chi connectivity index (χ4v) is 1.05. The maximum Gasteiger partial charge on any atom is 0.234 e. The van der Waals surface area contributed by atoms with E-state index in [0.717, 1.165) is 12.8 Å². The minimum atomic E-state index is 0.0850. The first kappa shape index (κ1) is 10.5. The normalized spacial score (nSPS) is 16.4. The van der Waals surface area contributed by atoms with Crippen LogP contribution in [0.3, 0.4) is 0 Å². The van der Waals surface area contributed by atoms with E-state index in [1.54, 1.807) is 0 Å². The summed E-state index contributed by atoms with van der Waals surface area (Å²) in [7, 11) is 0. The molecule has 0 unspecified atom stereocenters. The van der Waals surface area contributed by atoms with Crippen LogP contribution >= 0.6 is 11.6 Å². The molecule has 3 nitrogen and oxygen atoms in total. The van der Waals surface area contributed by atoms with E-state index in [0.29, 0.717) is 25.0 Å². The minimum Gasteiger partial charge on any atom is -0.352 e. The van der Waals surface area contributed by atoms with Crippen LogP contribution in [0.5, 0.6) is 0 Å². The smallest absolute Gasteiger partial charge is 0.234 e. The van der Waals surface area contributed by atoms with Crippen molar-refractivity contribution in [3.63, 3.8) is 0 Å². The number of rotatable bonds is 6. The van der Waals surface area contributed by atoms with Crippen LogP contribution in [0.4, 0.5) is 0 Å². The zero-order chi connectivity index (χ0) is 9.52. The topological polar surface area (TPSA) is 41.1 Å². The molecular weight excluding hydrogens is 188 g/mol. The molecule has 0 saturated heterocycles. The Balaban J connectivity index is 1.91. The first-order valence-corrected chi connectivity index (χ1v) is 5.07. The van der Waals surface area contributed by atoms with Crippen molar-refractivity contribution < 1.29 is 4.79 Å². The molecule has 1 saturated carbocycles. The highest BCUT2D eigenvalue weighted by Crippen LogP contribution is 2.17. The molecule has 0 aromatic carbocycles. The summed E-state index contributed by atoms with van der Waals surface area (Å²) >= 11 is 5.43. The van der Waals surface area contributed by atoms with Crippen LogP contribution in [0.2, 0.25) is 0 Å². The average molecular weight is 203 g/mol. The van der Waals surface area contributed by atoms with E-state index >= 15 is 0 Å². The van der Waals surface area contributed by atoms with Crippen LogP contribution in [-0.2, 0) is 4.79 Å². The van der Waals surface area contributed by atoms with Gasteiger partial charge in [-0.3, -0.25) is 4.79 Å². The number of hydrogen-bond donors (Lipinski definition) is 2. The van der Waals surface area contributed by atoms with Crippen LogP contribution in [0.25, 0.3) is 0 Å². The van der Waals surface area contributed by atoms with Crippen molar-refractivity contribution in [3.8, 4) is 0 Å². The van der Waals surface area contributed by atoms with E-state index in [2.05, 4.69) is 10.6 Å². The van der Waals surface area contributed by atoms with Crippen LogP contribution in [0, 0.1) is 0 Å². The van der Waals surface area contributed by atoms with Gasteiger partial charge in [-0.25, -0.2) is 0 Å². The van der Waals surface area contributed by atoms with Crippen molar-refractivity contribution in [1.82, 2.24) is 10.6 Å². The molecular formula is C9H15ClN2O. The minimum absolute atomic E-state index is 0.0850. The fraction of sp³-hybridized carbons (Fsp3) is 0.667. The molecule has 1 aliphatic rings. The third-order valence-electron chi connectivity index (χ3n) is 1.75. The lowest BCUT2D eigenvalue weighted by Gasteiger charge is -2.02. The standard InChI is InChI=1S/C9H15ClN2O/c10-5-1-2-6-11-7-9(13)12-8-3-4-8/h1-2,8,11H,3-7H2,(H,12,13)/b2-1+. The number of carbonyl (C=O) groups is 1. The predicted octanol–water partition coefficient (Wildman–Crippen LogP) is 0.650. The van der Waals surface area contributed by atoms with Gasteiger partial charge in [0.25, 0.3) is 0 Å². The Hall–Kier alpha value is -0.540. The molecule has 0 atom stereocenters. The van der Waals surface area contributed by atoms with Gasteiger partial charge in [-0.2, -0.15) is 0 Å². The highest BCUT2D eigenvalue weighted by atomic mass is 35.5. The van der Waals surface area contributed by atoms with Gasteiger partial charge >= 0.3 is 0 Å². The van der Waals surface area contributed by atoms with Gasteiger partial charge in [-0.05, 0) is 12.8 Å². The predicted molar refractivity (Wildman–Crippen MR) is 53.9 cm³/mol. The molecule has 1 aliphatic carbocycles. The monoisotopic (exact) mass is 202 g/mol. The summed E-state index contributed by atoms with van der Waals surface area (Å²) in [5.41, 5.74) is 0. The fourth-order valence-electron chi connectivity index (χ4n) is 0.922. The number of nitrogens with one attached hydrogen (secondary N) is 2. The molecule has 0 heterocycles. The Bertz CT molecular complexity index is 190. The quantitative estimate of drug-likeness (QED) is 0.377. The Morgan fingerprint density at radius 2 is 2.23 bits per heavy atom. The van der Waals surface area contributed by atoms with Gasteiger partial charge in [0, 0.05) is 18.5 Å². The molecule has 0 aliphatic heterocycles. The molecule has 1 fully saturated rings. The summed E-state index contributed by atoms with van der Waals surface area (Å²) in [5, 5.41) is 5.89. The largest absolute Gasteiger partial charge is 0.352 e. The lowest BCUT2D eigenvalue weighted by atomic mass is 10.5. The first-order valence-electron chi connectivity index (χ1n) is 4.54. The van der Waals surface area contributed by atoms with Gasteiger partial charge in [0.1, 0.15) is 0 Å². The van der Waals surface area contributed by atoms with Crippen molar-refractivity contribution in [2.45, 2.75) is 18.9 Å². The summed E-state index contributed by atoms with van der Waals surface area (Å²) in [5.74, 6) is 0.609. The molecule has 0 bridgehead atoms. The van der Waals surface area contributed by atoms with Crippen molar-refractivity contribution in [2.75, 3.05) is 19.0 Å². The van der Waals surface area contributed by atoms with Crippen LogP contribution in [-0.4, -0.2) is 30.9 Å². The third kappa shape index (κ3) is 5.66. The molecule has 2 N–H and O–H groups in total. The number of allylic oxidation sites excluding steroid dienone is 1. The zero-order valence-corrected chi connectivity index (χ0v) is 8.31. The van der Waals surface area contributed by atoms with Gasteiger partial charge in [0.2, 0.25) is 5.91 Å². The molecule has 1 amide bonds. The van der Waals surface area contributed by atoms with Crippen molar-refractivity contribution in [2.24, 2.45) is 0 Å². The van der Waals surface area contributed by atoms with Crippen LogP contribution < -0.4 is 10.6 Å². The Labute approximate surface area is 83.5 Å². The van der Waals surface area contributed by atoms with E-state index in [1.165, 1.54) is 0 Å². The lowest BCUT2D eigenvalue weighted by Crippen LogP contribution is -2.35. The number of amides is 1. The van der Waals surface area contributed by atoms with E-state index in [9.17, 15) is 4.79 Å². The van der Waals surface area contributed by atoms with Crippen molar-refractivity contribution >= 4 is 17.5 Å². The second-order valence-electron chi connectivity index (χ2n) is 3.10. The van der Waals surface area contributed by atoms with Crippen LogP contribution in [0.15, 0.2) is 12.2 Å². The van der Waals surface area contributed by atoms with Gasteiger partial charge in [0.05, 0.1) is 6.54 Å². The first-order chi connectivity index (χ1) is 6.33. The lowest BCUT2D eigenvalue weighted by molar-refractivity contribution is -0.120. The third-order valence-corrected chi connectivity index (χ3v) is 1.92. The number of carbonyl (C=O) groups excluding carboxylic acids is 1. The molecule has 0 radical (unpaired) electrons. The molecule has 0 aromatic heterocycles. The SMILES string of the molecule is O=C(CNC/C=C/CCl)NC1CC1. The maximum atomic E-state index is 11.1. The summed E-state index contributed by atoms with van der Waals surface area (Å²) < 4.78 is 0. The number of halogens is 1. The average Bonchev–Trinajstić information content (AvgIpc) is 2.88. The van der Waals surface area contributed by atoms with Gasteiger partial charge < -0.3 is 10.6 Å². The second-order valence-corrected chi connectivity index (χ2v) is 3.41. The van der Waals surface area contributed by atoms with Gasteiger partial charge in [0.15, 0.2) is 0 Å². The summed E-state index contributed by atoms with van der Waals surface area (Å²) in [6, 6.07) is 0.452. The van der Waals surface area contributed by atoms with Crippen molar-refractivity contribution in [3.05, 3.63) is 12.2 Å². The molecule has 4 heteroatoms. The molecule has 0 aromatic rings. The van der Waals surface area contributed by atoms with Crippen LogP contribution in [0.1, 0.15) is 12.8 Å². The molecule has 1 rings (SSSR count). The van der Waals surface area contributed by atoms with E-state index < -0.39 is 0 Å². The Kier molecular flexibility index (Phi) is 4.86. The molecule has 0 spiro atoms. The van der Waals surface area contributed by atoms with E-state index in [4.69, 9.17) is 11.6 Å². The van der Waals surface area contributed by atoms with E-state index in [1.807, 2.05) is 12.2 Å². The highest BCUT2D eigenvalue weighted by molar-refractivity contribution is 6.18. The second kappa shape index (κ2) is 6.00. The van der Waals surface area contributed by atoms with E-state index in [-0.39, 0.29) is 5.91 Å². The summed E-state index contributed by atoms with van der Waals surface area (Å²) in [4.78, 5) is 11.1. The van der Waals surface area contributed by atoms with Gasteiger partial charge in [-0.15, -0.1) is 11.6 Å². The Morgan fingerprint density at radius 1 is 1.46 bits per heavy atom. The summed E-state index contributed by atoms with van der Waals surface area (Å²) in [6.45, 7) is 1.09. The summed E-state index contributed by atoms with van der Waals surface area (Å²) in [6.07, 6.45) is 6.04. The number of hydrogen-bond acceptors (Lipinski definition) is 2. The Morgan fingerprint density at radius 3 is 2.85 bits per heavy atom. The van der Waals surface area contributed by atoms with Gasteiger partial charge in [-0.1, -0.05) is 12.2 Å².